The van der Waals surface area contributed by atoms with Crippen molar-refractivity contribution >= 4 is 16.8 Å². The number of para-hydroxylation sites is 1. The van der Waals surface area contributed by atoms with Gasteiger partial charge >= 0.3 is 0 Å². The summed E-state index contributed by atoms with van der Waals surface area (Å²) >= 11 is 0. The molecule has 5 nitrogen and oxygen atoms in total. The van der Waals surface area contributed by atoms with Crippen LogP contribution in [-0.2, 0) is 17.8 Å². The van der Waals surface area contributed by atoms with E-state index in [1.165, 1.54) is 0 Å². The van der Waals surface area contributed by atoms with Gasteiger partial charge in [-0.15, -0.1) is 0 Å². The molecule has 0 unspecified atom stereocenters. The Bertz CT molecular complexity index is 930. The minimum absolute atomic E-state index is 0.0802. The Morgan fingerprint density at radius 3 is 2.64 bits per heavy atom. The van der Waals surface area contributed by atoms with Crippen LogP contribution in [0.4, 0.5) is 0 Å². The maximum atomic E-state index is 12.1. The predicted octanol–water partition coefficient (Wildman–Crippen LogP) is 2.79. The number of aromatic nitrogens is 1. The summed E-state index contributed by atoms with van der Waals surface area (Å²) in [5.41, 5.74) is 2.29. The summed E-state index contributed by atoms with van der Waals surface area (Å²) < 4.78 is 5.10. The number of pyridine rings is 1. The number of benzene rings is 2. The smallest absolute Gasteiger partial charge is 0.251 e. The summed E-state index contributed by atoms with van der Waals surface area (Å²) in [5, 5.41) is 3.84. The van der Waals surface area contributed by atoms with E-state index >= 15 is 0 Å². The van der Waals surface area contributed by atoms with E-state index in [9.17, 15) is 9.59 Å². The van der Waals surface area contributed by atoms with Crippen molar-refractivity contribution in [3.63, 3.8) is 0 Å². The van der Waals surface area contributed by atoms with Crippen LogP contribution in [0.25, 0.3) is 10.9 Å². The highest BCUT2D eigenvalue weighted by atomic mass is 16.5. The van der Waals surface area contributed by atoms with Crippen LogP contribution in [0, 0.1) is 0 Å². The van der Waals surface area contributed by atoms with Gasteiger partial charge in [0.25, 0.3) is 5.56 Å². The number of ether oxygens (including phenoxy) is 1. The molecule has 0 atom stereocenters. The molecule has 1 amide bonds. The lowest BCUT2D eigenvalue weighted by Crippen LogP contribution is -2.24. The van der Waals surface area contributed by atoms with E-state index in [0.717, 1.165) is 22.2 Å². The number of rotatable bonds is 6. The van der Waals surface area contributed by atoms with Crippen LogP contribution < -0.4 is 15.6 Å². The lowest BCUT2D eigenvalue weighted by Gasteiger charge is -2.07. The van der Waals surface area contributed by atoms with Crippen LogP contribution in [0.2, 0.25) is 0 Å². The summed E-state index contributed by atoms with van der Waals surface area (Å²) in [5.74, 6) is 0.703. The van der Waals surface area contributed by atoms with Gasteiger partial charge in [-0.2, -0.15) is 0 Å². The van der Waals surface area contributed by atoms with Gasteiger partial charge in [0.05, 0.1) is 7.11 Å². The number of amides is 1. The zero-order valence-corrected chi connectivity index (χ0v) is 14.0. The second kappa shape index (κ2) is 7.66. The molecule has 3 rings (SSSR count). The molecule has 0 spiro atoms. The van der Waals surface area contributed by atoms with E-state index in [1.54, 1.807) is 7.11 Å². The second-order valence-corrected chi connectivity index (χ2v) is 5.84. The number of hydrogen-bond acceptors (Lipinski definition) is 3. The molecule has 2 aromatic carbocycles. The third-order valence-corrected chi connectivity index (χ3v) is 4.10. The minimum atomic E-state index is -0.137. The van der Waals surface area contributed by atoms with Crippen molar-refractivity contribution in [1.29, 1.82) is 0 Å². The second-order valence-electron chi connectivity index (χ2n) is 5.84. The maximum absolute atomic E-state index is 12.1. The number of H-pyrrole nitrogens is 1. The fraction of sp³-hybridized carbons (Fsp3) is 0.200. The van der Waals surface area contributed by atoms with Crippen LogP contribution in [-0.4, -0.2) is 18.0 Å². The standard InChI is InChI=1S/C20H20N2O3/c1-25-17-9-6-14(7-10-17)13-21-19(23)11-8-16-12-15-4-2-3-5-18(15)22-20(16)24/h2-7,9-10,12H,8,11,13H2,1H3,(H,21,23)(H,22,24). The first-order valence-corrected chi connectivity index (χ1v) is 8.16. The quantitative estimate of drug-likeness (QED) is 0.727. The molecule has 0 fully saturated rings. The van der Waals surface area contributed by atoms with Gasteiger partial charge in [0.1, 0.15) is 5.75 Å². The van der Waals surface area contributed by atoms with E-state index in [1.807, 2.05) is 54.6 Å². The summed E-state index contributed by atoms with van der Waals surface area (Å²) in [4.78, 5) is 27.0. The molecule has 0 bridgehead atoms. The van der Waals surface area contributed by atoms with Gasteiger partial charge < -0.3 is 15.0 Å². The Morgan fingerprint density at radius 1 is 1.12 bits per heavy atom. The topological polar surface area (TPSA) is 71.2 Å². The first-order chi connectivity index (χ1) is 12.2. The van der Waals surface area contributed by atoms with Crippen molar-refractivity contribution in [3.8, 4) is 5.75 Å². The van der Waals surface area contributed by atoms with Crippen molar-refractivity contribution in [3.05, 3.63) is 76.1 Å². The Hall–Kier alpha value is -3.08. The molecule has 25 heavy (non-hydrogen) atoms. The van der Waals surface area contributed by atoms with Crippen molar-refractivity contribution in [2.75, 3.05) is 7.11 Å². The fourth-order valence-corrected chi connectivity index (χ4v) is 2.66. The van der Waals surface area contributed by atoms with Crippen LogP contribution in [0.15, 0.2) is 59.4 Å². The van der Waals surface area contributed by atoms with Gasteiger partial charge in [-0.1, -0.05) is 30.3 Å². The normalized spacial score (nSPS) is 10.6. The number of aromatic amines is 1. The highest BCUT2D eigenvalue weighted by Gasteiger charge is 2.07. The molecule has 0 saturated carbocycles. The minimum Gasteiger partial charge on any atom is -0.497 e. The summed E-state index contributed by atoms with van der Waals surface area (Å²) in [6.07, 6.45) is 0.687. The molecule has 0 aliphatic heterocycles. The highest BCUT2D eigenvalue weighted by Crippen LogP contribution is 2.12. The van der Waals surface area contributed by atoms with Crippen molar-refractivity contribution in [2.24, 2.45) is 0 Å². The Morgan fingerprint density at radius 2 is 1.88 bits per heavy atom. The Labute approximate surface area is 145 Å². The lowest BCUT2D eigenvalue weighted by molar-refractivity contribution is -0.121. The summed E-state index contributed by atoms with van der Waals surface area (Å²) in [6.45, 7) is 0.455. The Kier molecular flexibility index (Phi) is 5.14. The number of aryl methyl sites for hydroxylation is 1. The average Bonchev–Trinajstić information content (AvgIpc) is 2.65. The Balaban J connectivity index is 1.56. The molecule has 1 aromatic heterocycles. The van der Waals surface area contributed by atoms with Crippen LogP contribution in [0.1, 0.15) is 17.5 Å². The predicted molar refractivity (Wildman–Crippen MR) is 97.7 cm³/mol. The molecule has 0 aliphatic rings. The molecule has 0 saturated heterocycles. The van der Waals surface area contributed by atoms with E-state index < -0.39 is 0 Å². The molecule has 0 aliphatic carbocycles. The first kappa shape index (κ1) is 16.8. The number of hydrogen-bond donors (Lipinski definition) is 2. The zero-order chi connectivity index (χ0) is 17.6. The molecule has 5 heteroatoms. The van der Waals surface area contributed by atoms with E-state index in [-0.39, 0.29) is 17.9 Å². The SMILES string of the molecule is COc1ccc(CNC(=O)CCc2cc3ccccc3[nH]c2=O)cc1. The lowest BCUT2D eigenvalue weighted by atomic mass is 10.1. The maximum Gasteiger partial charge on any atom is 0.251 e. The van der Waals surface area contributed by atoms with E-state index in [2.05, 4.69) is 10.3 Å². The van der Waals surface area contributed by atoms with Crippen LogP contribution in [0.3, 0.4) is 0 Å². The molecule has 1 heterocycles. The number of carbonyl (C=O) groups is 1. The number of methoxy groups -OCH3 is 1. The molecule has 128 valence electrons. The van der Waals surface area contributed by atoms with Gasteiger partial charge in [0.2, 0.25) is 5.91 Å². The van der Waals surface area contributed by atoms with Gasteiger partial charge in [-0.25, -0.2) is 0 Å². The summed E-state index contributed by atoms with van der Waals surface area (Å²) in [7, 11) is 1.62. The molecular weight excluding hydrogens is 316 g/mol. The van der Waals surface area contributed by atoms with Crippen LogP contribution >= 0.6 is 0 Å². The van der Waals surface area contributed by atoms with Crippen molar-refractivity contribution in [1.82, 2.24) is 10.3 Å². The molecular formula is C20H20N2O3. The molecule has 2 N–H and O–H groups in total. The van der Waals surface area contributed by atoms with Crippen molar-refractivity contribution < 1.29 is 9.53 Å². The molecule has 3 aromatic rings. The zero-order valence-electron chi connectivity index (χ0n) is 14.0. The summed E-state index contributed by atoms with van der Waals surface area (Å²) in [6, 6.07) is 17.0. The largest absolute Gasteiger partial charge is 0.497 e. The van der Waals surface area contributed by atoms with E-state index in [0.29, 0.717) is 18.5 Å². The van der Waals surface area contributed by atoms with Gasteiger partial charge in [0, 0.05) is 24.0 Å². The first-order valence-electron chi connectivity index (χ1n) is 8.16. The highest BCUT2D eigenvalue weighted by molar-refractivity contribution is 5.79. The monoisotopic (exact) mass is 336 g/mol. The average molecular weight is 336 g/mol. The third-order valence-electron chi connectivity index (χ3n) is 4.10. The number of carbonyl (C=O) groups excluding carboxylic acids is 1. The third kappa shape index (κ3) is 4.26. The van der Waals surface area contributed by atoms with Gasteiger partial charge in [-0.3, -0.25) is 9.59 Å². The van der Waals surface area contributed by atoms with Crippen molar-refractivity contribution in [2.45, 2.75) is 19.4 Å². The van der Waals surface area contributed by atoms with E-state index in [4.69, 9.17) is 4.74 Å². The van der Waals surface area contributed by atoms with Crippen LogP contribution in [0.5, 0.6) is 5.75 Å². The number of fused-ring (bicyclic) bond motifs is 1. The fourth-order valence-electron chi connectivity index (χ4n) is 2.66. The molecule has 0 radical (unpaired) electrons. The number of nitrogens with one attached hydrogen (secondary N) is 2. The van der Waals surface area contributed by atoms with Gasteiger partial charge in [0.15, 0.2) is 0 Å². The van der Waals surface area contributed by atoms with Gasteiger partial charge in [-0.05, 0) is 41.6 Å².